The van der Waals surface area contributed by atoms with Crippen LogP contribution in [0.2, 0.25) is 0 Å². The number of hydrogen-bond donors (Lipinski definition) is 2. The number of aliphatic hydroxyl groups is 1. The number of nitrogens with one attached hydrogen (secondary N) is 1. The van der Waals surface area contributed by atoms with Crippen molar-refractivity contribution >= 4 is 11.8 Å². The summed E-state index contributed by atoms with van der Waals surface area (Å²) < 4.78 is 0. The molecule has 0 radical (unpaired) electrons. The fourth-order valence-corrected chi connectivity index (χ4v) is 4.56. The van der Waals surface area contributed by atoms with Crippen LogP contribution in [0.15, 0.2) is 24.3 Å². The van der Waals surface area contributed by atoms with Crippen molar-refractivity contribution < 1.29 is 5.11 Å². The fourth-order valence-electron chi connectivity index (χ4n) is 3.02. The Morgan fingerprint density at radius 1 is 1.35 bits per heavy atom. The number of hydrogen-bond acceptors (Lipinski definition) is 3. The molecule has 0 aliphatic heterocycles. The Labute approximate surface area is 127 Å². The van der Waals surface area contributed by atoms with Gasteiger partial charge in [-0.05, 0) is 41.7 Å². The first kappa shape index (κ1) is 15.9. The molecule has 112 valence electrons. The fraction of sp³-hybridized carbons (Fsp3) is 0.647. The van der Waals surface area contributed by atoms with Gasteiger partial charge in [0.1, 0.15) is 0 Å². The predicted octanol–water partition coefficient (Wildman–Crippen LogP) is 3.57. The second-order valence-electron chi connectivity index (χ2n) is 5.96. The minimum Gasteiger partial charge on any atom is -0.396 e. The molecule has 0 saturated heterocycles. The lowest BCUT2D eigenvalue weighted by Crippen LogP contribution is -2.35. The second-order valence-corrected chi connectivity index (χ2v) is 7.23. The van der Waals surface area contributed by atoms with Gasteiger partial charge in [0.15, 0.2) is 0 Å². The number of benzene rings is 1. The molecule has 0 saturated carbocycles. The highest BCUT2D eigenvalue weighted by Gasteiger charge is 2.32. The van der Waals surface area contributed by atoms with Gasteiger partial charge < -0.3 is 10.4 Å². The summed E-state index contributed by atoms with van der Waals surface area (Å²) in [5.74, 6) is 2.05. The Morgan fingerprint density at radius 3 is 2.70 bits per heavy atom. The second kappa shape index (κ2) is 7.48. The van der Waals surface area contributed by atoms with E-state index in [0.29, 0.717) is 23.1 Å². The van der Waals surface area contributed by atoms with E-state index in [0.717, 1.165) is 12.3 Å². The standard InChI is InChI=1S/C17H27NOS/c1-4-18-17-15-8-6-5-7-14(15)13(3)9-16(17)20-11-12(2)10-19/h5-8,12-13,16-19H,4,9-11H2,1-3H3. The molecule has 0 spiro atoms. The van der Waals surface area contributed by atoms with E-state index in [-0.39, 0.29) is 6.61 Å². The molecule has 0 aromatic heterocycles. The van der Waals surface area contributed by atoms with Gasteiger partial charge in [-0.25, -0.2) is 0 Å². The van der Waals surface area contributed by atoms with Gasteiger partial charge in [-0.15, -0.1) is 0 Å². The molecular weight excluding hydrogens is 266 g/mol. The average molecular weight is 293 g/mol. The van der Waals surface area contributed by atoms with Gasteiger partial charge in [0, 0.05) is 17.9 Å². The minimum absolute atomic E-state index is 0.289. The highest BCUT2D eigenvalue weighted by molar-refractivity contribution is 7.99. The zero-order valence-electron chi connectivity index (χ0n) is 12.8. The van der Waals surface area contributed by atoms with Crippen molar-refractivity contribution in [3.8, 4) is 0 Å². The Morgan fingerprint density at radius 2 is 2.05 bits per heavy atom. The molecule has 1 aromatic carbocycles. The van der Waals surface area contributed by atoms with E-state index in [4.69, 9.17) is 0 Å². The largest absolute Gasteiger partial charge is 0.396 e. The van der Waals surface area contributed by atoms with Crippen LogP contribution in [0.25, 0.3) is 0 Å². The normalized spacial score (nSPS) is 27.1. The van der Waals surface area contributed by atoms with Crippen LogP contribution in [-0.2, 0) is 0 Å². The highest BCUT2D eigenvalue weighted by atomic mass is 32.2. The van der Waals surface area contributed by atoms with Crippen molar-refractivity contribution in [2.75, 3.05) is 18.9 Å². The van der Waals surface area contributed by atoms with Crippen molar-refractivity contribution in [2.24, 2.45) is 5.92 Å². The van der Waals surface area contributed by atoms with Crippen molar-refractivity contribution in [2.45, 2.75) is 44.4 Å². The van der Waals surface area contributed by atoms with Crippen LogP contribution in [0.4, 0.5) is 0 Å². The van der Waals surface area contributed by atoms with Crippen LogP contribution in [0, 0.1) is 5.92 Å². The van der Waals surface area contributed by atoms with Crippen molar-refractivity contribution in [3.63, 3.8) is 0 Å². The summed E-state index contributed by atoms with van der Waals surface area (Å²) in [5.41, 5.74) is 2.98. The predicted molar refractivity (Wildman–Crippen MR) is 88.4 cm³/mol. The van der Waals surface area contributed by atoms with Crippen LogP contribution in [0.1, 0.15) is 50.3 Å². The molecule has 1 aromatic rings. The smallest absolute Gasteiger partial charge is 0.0464 e. The van der Waals surface area contributed by atoms with E-state index in [2.05, 4.69) is 50.4 Å². The van der Waals surface area contributed by atoms with Crippen molar-refractivity contribution in [1.29, 1.82) is 0 Å². The SMILES string of the molecule is CCNC1c2ccccc2C(C)CC1SCC(C)CO. The third-order valence-electron chi connectivity index (χ3n) is 4.15. The average Bonchev–Trinajstić information content (AvgIpc) is 2.48. The molecule has 4 unspecified atom stereocenters. The summed E-state index contributed by atoms with van der Waals surface area (Å²) >= 11 is 2.02. The molecule has 0 heterocycles. The molecule has 2 rings (SSSR count). The van der Waals surface area contributed by atoms with Crippen LogP contribution >= 0.6 is 11.8 Å². The van der Waals surface area contributed by atoms with Crippen molar-refractivity contribution in [1.82, 2.24) is 5.32 Å². The molecule has 0 bridgehead atoms. The van der Waals surface area contributed by atoms with Crippen LogP contribution in [-0.4, -0.2) is 29.3 Å². The molecule has 4 atom stereocenters. The van der Waals surface area contributed by atoms with Gasteiger partial charge in [-0.3, -0.25) is 0 Å². The quantitative estimate of drug-likeness (QED) is 0.841. The van der Waals surface area contributed by atoms with E-state index < -0.39 is 0 Å². The first-order chi connectivity index (χ1) is 9.67. The lowest BCUT2D eigenvalue weighted by Gasteiger charge is -2.37. The molecule has 3 heteroatoms. The Hall–Kier alpha value is -0.510. The van der Waals surface area contributed by atoms with Crippen LogP contribution in [0.5, 0.6) is 0 Å². The monoisotopic (exact) mass is 293 g/mol. The summed E-state index contributed by atoms with van der Waals surface area (Å²) in [6.45, 7) is 7.93. The van der Waals surface area contributed by atoms with Crippen LogP contribution < -0.4 is 5.32 Å². The topological polar surface area (TPSA) is 32.3 Å². The molecule has 2 nitrogen and oxygen atoms in total. The zero-order chi connectivity index (χ0) is 14.5. The summed E-state index contributed by atoms with van der Waals surface area (Å²) in [6.07, 6.45) is 1.22. The third-order valence-corrected chi connectivity index (χ3v) is 5.80. The molecule has 20 heavy (non-hydrogen) atoms. The van der Waals surface area contributed by atoms with E-state index in [1.165, 1.54) is 17.5 Å². The number of fused-ring (bicyclic) bond motifs is 1. The molecular formula is C17H27NOS. The van der Waals surface area contributed by atoms with Gasteiger partial charge in [0.2, 0.25) is 0 Å². The first-order valence-corrected chi connectivity index (χ1v) is 8.76. The van der Waals surface area contributed by atoms with E-state index >= 15 is 0 Å². The van der Waals surface area contributed by atoms with Gasteiger partial charge in [0.25, 0.3) is 0 Å². The van der Waals surface area contributed by atoms with E-state index in [1.807, 2.05) is 11.8 Å². The summed E-state index contributed by atoms with van der Waals surface area (Å²) in [5, 5.41) is 13.5. The van der Waals surface area contributed by atoms with Gasteiger partial charge in [-0.1, -0.05) is 45.0 Å². The molecule has 1 aliphatic carbocycles. The summed E-state index contributed by atoms with van der Waals surface area (Å²) in [7, 11) is 0. The summed E-state index contributed by atoms with van der Waals surface area (Å²) in [4.78, 5) is 0. The lowest BCUT2D eigenvalue weighted by atomic mass is 9.80. The van der Waals surface area contributed by atoms with Gasteiger partial charge in [0.05, 0.1) is 0 Å². The Kier molecular flexibility index (Phi) is 5.94. The van der Waals surface area contributed by atoms with E-state index in [9.17, 15) is 5.11 Å². The zero-order valence-corrected chi connectivity index (χ0v) is 13.6. The number of aliphatic hydroxyl groups excluding tert-OH is 1. The Balaban J connectivity index is 2.16. The Bertz CT molecular complexity index is 423. The maximum absolute atomic E-state index is 9.21. The molecule has 0 amide bonds. The number of thioether (sulfide) groups is 1. The first-order valence-electron chi connectivity index (χ1n) is 7.72. The van der Waals surface area contributed by atoms with Crippen molar-refractivity contribution in [3.05, 3.63) is 35.4 Å². The maximum atomic E-state index is 9.21. The van der Waals surface area contributed by atoms with E-state index in [1.54, 1.807) is 0 Å². The van der Waals surface area contributed by atoms with Crippen LogP contribution in [0.3, 0.4) is 0 Å². The number of rotatable bonds is 6. The third kappa shape index (κ3) is 3.57. The van der Waals surface area contributed by atoms with Gasteiger partial charge >= 0.3 is 0 Å². The minimum atomic E-state index is 0.289. The lowest BCUT2D eigenvalue weighted by molar-refractivity contribution is 0.250. The molecule has 0 fully saturated rings. The molecule has 1 aliphatic rings. The van der Waals surface area contributed by atoms with Gasteiger partial charge in [-0.2, -0.15) is 11.8 Å². The maximum Gasteiger partial charge on any atom is 0.0464 e. The molecule has 2 N–H and O–H groups in total. The highest BCUT2D eigenvalue weighted by Crippen LogP contribution is 2.42. The summed E-state index contributed by atoms with van der Waals surface area (Å²) in [6, 6.07) is 9.31.